The fourth-order valence-corrected chi connectivity index (χ4v) is 8.53. The minimum absolute atomic E-state index is 0.0590. The van der Waals surface area contributed by atoms with Gasteiger partial charge in [0.15, 0.2) is 9.84 Å². The zero-order valence-corrected chi connectivity index (χ0v) is 27.6. The number of fused-ring (bicyclic) bond motifs is 3. The molecule has 2 aromatic heterocycles. The Balaban J connectivity index is 1.45. The van der Waals surface area contributed by atoms with Crippen molar-refractivity contribution in [1.29, 1.82) is 0 Å². The van der Waals surface area contributed by atoms with Crippen LogP contribution >= 0.6 is 11.8 Å². The van der Waals surface area contributed by atoms with Gasteiger partial charge in [0, 0.05) is 23.7 Å². The molecular weight excluding hydrogens is 606 g/mol. The van der Waals surface area contributed by atoms with Crippen LogP contribution in [0.25, 0.3) is 27.8 Å². The van der Waals surface area contributed by atoms with Crippen LogP contribution in [-0.4, -0.2) is 41.3 Å². The molecule has 230 valence electrons. The van der Waals surface area contributed by atoms with Crippen molar-refractivity contribution in [2.24, 2.45) is 0 Å². The van der Waals surface area contributed by atoms with E-state index in [-0.39, 0.29) is 15.9 Å². The first-order chi connectivity index (χ1) is 21.4. The average Bonchev–Trinajstić information content (AvgIpc) is 3.50. The van der Waals surface area contributed by atoms with E-state index in [1.165, 1.54) is 18.0 Å². The number of halogens is 1. The van der Waals surface area contributed by atoms with Crippen molar-refractivity contribution in [3.05, 3.63) is 114 Å². The van der Waals surface area contributed by atoms with Gasteiger partial charge in [0.25, 0.3) is 5.78 Å². The molecular formula is C35H34FN5O2S2. The molecule has 45 heavy (non-hydrogen) atoms. The molecule has 4 aromatic carbocycles. The topological polar surface area (TPSA) is 80.5 Å². The summed E-state index contributed by atoms with van der Waals surface area (Å²) >= 11 is 1.07. The summed E-state index contributed by atoms with van der Waals surface area (Å²) in [5.74, 6) is 0.158. The molecule has 0 saturated carbocycles. The lowest BCUT2D eigenvalue weighted by Crippen LogP contribution is -2.15. The molecule has 0 spiro atoms. The van der Waals surface area contributed by atoms with Crippen LogP contribution in [0, 0.1) is 12.7 Å². The summed E-state index contributed by atoms with van der Waals surface area (Å²) < 4.78 is 44.0. The van der Waals surface area contributed by atoms with Crippen molar-refractivity contribution in [3.8, 4) is 11.1 Å². The minimum Gasteiger partial charge on any atom is -0.329 e. The van der Waals surface area contributed by atoms with Crippen molar-refractivity contribution in [2.75, 3.05) is 18.2 Å². The van der Waals surface area contributed by atoms with Crippen LogP contribution in [0.5, 0.6) is 0 Å². The number of anilines is 2. The van der Waals surface area contributed by atoms with Crippen molar-refractivity contribution >= 4 is 49.8 Å². The maximum Gasteiger partial charge on any atom is 0.257 e. The monoisotopic (exact) mass is 639 g/mol. The van der Waals surface area contributed by atoms with Gasteiger partial charge >= 0.3 is 0 Å². The molecule has 0 aliphatic rings. The number of rotatable bonds is 7. The Bertz CT molecular complexity index is 2140. The highest BCUT2D eigenvalue weighted by Gasteiger charge is 2.32. The third kappa shape index (κ3) is 5.68. The highest BCUT2D eigenvalue weighted by atomic mass is 32.3. The largest absolute Gasteiger partial charge is 0.329 e. The Morgan fingerprint density at radius 3 is 2.31 bits per heavy atom. The molecule has 0 bridgehead atoms. The second-order valence-electron chi connectivity index (χ2n) is 12.2. The summed E-state index contributed by atoms with van der Waals surface area (Å²) in [6.07, 6.45) is 3.17. The standard InChI is InChI=1S/C35H34FN5O2S2/c1-22-10-16-27(17-11-22)45(42,43)33(44-6)28-20-31-29(19-30(28)36)32(38-34-39-37-21-41(31)34)40(5)26-9-7-8-24(18-26)23-12-14-25(15-13-23)35(2,3)4/h7-21,33H,1-6H3. The van der Waals surface area contributed by atoms with E-state index >= 15 is 4.39 Å². The summed E-state index contributed by atoms with van der Waals surface area (Å²) in [5, 5.41) is 8.72. The maximum atomic E-state index is 16.1. The highest BCUT2D eigenvalue weighted by molar-refractivity contribution is 8.12. The minimum atomic E-state index is -3.91. The molecule has 6 rings (SSSR count). The predicted molar refractivity (Wildman–Crippen MR) is 182 cm³/mol. The number of aromatic nitrogens is 4. The molecule has 2 heterocycles. The molecule has 6 aromatic rings. The van der Waals surface area contributed by atoms with Crippen LogP contribution in [0.3, 0.4) is 0 Å². The van der Waals surface area contributed by atoms with Gasteiger partial charge < -0.3 is 4.90 Å². The maximum absolute atomic E-state index is 16.1. The lowest BCUT2D eigenvalue weighted by Gasteiger charge is -2.23. The third-order valence-corrected chi connectivity index (χ3v) is 11.9. The Kier molecular flexibility index (Phi) is 7.91. The molecule has 10 heteroatoms. The molecule has 0 amide bonds. The van der Waals surface area contributed by atoms with Crippen LogP contribution in [0.15, 0.2) is 96.2 Å². The van der Waals surface area contributed by atoms with Crippen LogP contribution < -0.4 is 4.90 Å². The number of sulfone groups is 1. The normalized spacial score (nSPS) is 13.0. The first-order valence-corrected chi connectivity index (χ1v) is 17.3. The Hall–Kier alpha value is -4.28. The zero-order valence-electron chi connectivity index (χ0n) is 26.0. The van der Waals surface area contributed by atoms with E-state index in [0.29, 0.717) is 22.5 Å². The molecule has 0 fully saturated rings. The van der Waals surface area contributed by atoms with E-state index in [9.17, 15) is 8.42 Å². The molecule has 7 nitrogen and oxygen atoms in total. The lowest BCUT2D eigenvalue weighted by molar-refractivity contribution is 0.586. The van der Waals surface area contributed by atoms with Crippen LogP contribution in [0.4, 0.5) is 15.9 Å². The number of benzene rings is 4. The Morgan fingerprint density at radius 2 is 1.64 bits per heavy atom. The van der Waals surface area contributed by atoms with E-state index in [2.05, 4.69) is 67.4 Å². The van der Waals surface area contributed by atoms with Crippen molar-refractivity contribution in [1.82, 2.24) is 19.6 Å². The second-order valence-corrected chi connectivity index (χ2v) is 15.5. The number of hydrogen-bond donors (Lipinski definition) is 0. The second kappa shape index (κ2) is 11.6. The Morgan fingerprint density at radius 1 is 0.933 bits per heavy atom. The van der Waals surface area contributed by atoms with Gasteiger partial charge in [0.1, 0.15) is 22.5 Å². The first-order valence-electron chi connectivity index (χ1n) is 14.5. The van der Waals surface area contributed by atoms with Gasteiger partial charge in [-0.2, -0.15) is 4.98 Å². The summed E-state index contributed by atoms with van der Waals surface area (Å²) in [7, 11) is -2.04. The first kappa shape index (κ1) is 30.7. The smallest absolute Gasteiger partial charge is 0.257 e. The van der Waals surface area contributed by atoms with Crippen LogP contribution in [-0.2, 0) is 15.3 Å². The average molecular weight is 640 g/mol. The van der Waals surface area contributed by atoms with Crippen LogP contribution in [0.2, 0.25) is 0 Å². The summed E-state index contributed by atoms with van der Waals surface area (Å²) in [5.41, 5.74) is 5.83. The summed E-state index contributed by atoms with van der Waals surface area (Å²) in [6.45, 7) is 8.46. The van der Waals surface area contributed by atoms with E-state index in [4.69, 9.17) is 4.98 Å². The third-order valence-electron chi connectivity index (χ3n) is 8.09. The number of thioether (sulfide) groups is 1. The van der Waals surface area contributed by atoms with E-state index in [1.807, 2.05) is 31.0 Å². The lowest BCUT2D eigenvalue weighted by atomic mass is 9.86. The van der Waals surface area contributed by atoms with E-state index in [1.54, 1.807) is 41.0 Å². The molecule has 0 saturated heterocycles. The molecule has 0 aliphatic carbocycles. The number of aryl methyl sites for hydroxylation is 1. The molecule has 1 unspecified atom stereocenters. The van der Waals surface area contributed by atoms with Gasteiger partial charge in [-0.05, 0) is 71.7 Å². The number of hydrogen-bond acceptors (Lipinski definition) is 7. The highest BCUT2D eigenvalue weighted by Crippen LogP contribution is 2.41. The van der Waals surface area contributed by atoms with Crippen LogP contribution in [0.1, 0.15) is 42.0 Å². The van der Waals surface area contributed by atoms with Gasteiger partial charge in [-0.1, -0.05) is 74.9 Å². The Labute approximate surface area is 267 Å². The number of nitrogens with zero attached hydrogens (tertiary/aromatic N) is 5. The van der Waals surface area contributed by atoms with Gasteiger partial charge in [-0.15, -0.1) is 22.0 Å². The molecule has 0 radical (unpaired) electrons. The molecule has 0 aliphatic heterocycles. The van der Waals surface area contributed by atoms with Crippen molar-refractivity contribution in [2.45, 2.75) is 42.6 Å². The molecule has 1 atom stereocenters. The fraction of sp³-hybridized carbons (Fsp3) is 0.229. The van der Waals surface area contributed by atoms with E-state index in [0.717, 1.165) is 34.1 Å². The van der Waals surface area contributed by atoms with Gasteiger partial charge in [0.2, 0.25) is 0 Å². The van der Waals surface area contributed by atoms with Gasteiger partial charge in [-0.25, -0.2) is 12.8 Å². The van der Waals surface area contributed by atoms with Gasteiger partial charge in [-0.3, -0.25) is 4.40 Å². The quantitative estimate of drug-likeness (QED) is 0.174. The summed E-state index contributed by atoms with van der Waals surface area (Å²) in [4.78, 5) is 6.78. The van der Waals surface area contributed by atoms with Crippen molar-refractivity contribution < 1.29 is 12.8 Å². The molecule has 0 N–H and O–H groups in total. The fourth-order valence-electron chi connectivity index (χ4n) is 5.47. The zero-order chi connectivity index (χ0) is 32.1. The predicted octanol–water partition coefficient (Wildman–Crippen LogP) is 8.29. The SMILES string of the molecule is CSC(c1cc2c(cc1F)c(N(C)c1cccc(-c3ccc(C(C)(C)C)cc3)c1)nc1nncn12)S(=O)(=O)c1ccc(C)cc1. The van der Waals surface area contributed by atoms with Crippen molar-refractivity contribution in [3.63, 3.8) is 0 Å². The summed E-state index contributed by atoms with van der Waals surface area (Å²) in [6, 6.07) is 26.2. The van der Waals surface area contributed by atoms with E-state index < -0.39 is 20.2 Å². The van der Waals surface area contributed by atoms with Gasteiger partial charge in [0.05, 0.1) is 10.4 Å².